The zero-order valence-electron chi connectivity index (χ0n) is 10.2. The highest BCUT2D eigenvalue weighted by atomic mass is 16.2. The van der Waals surface area contributed by atoms with Crippen LogP contribution in [-0.4, -0.2) is 24.9 Å². The summed E-state index contributed by atoms with van der Waals surface area (Å²) in [4.78, 5) is 13.2. The van der Waals surface area contributed by atoms with Gasteiger partial charge in [0, 0.05) is 20.5 Å². The van der Waals surface area contributed by atoms with Crippen molar-refractivity contribution in [3.05, 3.63) is 0 Å². The maximum atomic E-state index is 11.5. The maximum Gasteiger partial charge on any atom is 0.222 e. The smallest absolute Gasteiger partial charge is 0.222 e. The van der Waals surface area contributed by atoms with Gasteiger partial charge in [0.15, 0.2) is 0 Å². The van der Waals surface area contributed by atoms with Crippen LogP contribution in [0.1, 0.15) is 52.4 Å². The Morgan fingerprint density at radius 1 is 1.21 bits per heavy atom. The second kappa shape index (κ2) is 7.84. The van der Waals surface area contributed by atoms with Crippen molar-refractivity contribution >= 4 is 5.91 Å². The molecule has 0 saturated carbocycles. The van der Waals surface area contributed by atoms with E-state index in [2.05, 4.69) is 13.8 Å². The molecule has 2 heteroatoms. The van der Waals surface area contributed by atoms with Crippen LogP contribution in [0.25, 0.3) is 0 Å². The summed E-state index contributed by atoms with van der Waals surface area (Å²) < 4.78 is 0. The number of amides is 1. The molecular formula is C12H25NO. The zero-order valence-corrected chi connectivity index (χ0v) is 10.2. The third-order valence-corrected chi connectivity index (χ3v) is 2.76. The Balaban J connectivity index is 3.73. The van der Waals surface area contributed by atoms with E-state index in [0.29, 0.717) is 5.92 Å². The lowest BCUT2D eigenvalue weighted by atomic mass is 9.95. The first-order valence-electron chi connectivity index (χ1n) is 5.81. The van der Waals surface area contributed by atoms with Crippen molar-refractivity contribution < 1.29 is 4.79 Å². The number of rotatable bonds is 7. The molecule has 0 aromatic rings. The minimum atomic E-state index is 0.272. The highest BCUT2D eigenvalue weighted by Gasteiger charge is 2.12. The van der Waals surface area contributed by atoms with Crippen molar-refractivity contribution in [2.24, 2.45) is 5.92 Å². The Labute approximate surface area is 88.7 Å². The molecule has 2 nitrogen and oxygen atoms in total. The summed E-state index contributed by atoms with van der Waals surface area (Å²) in [5, 5.41) is 0. The molecule has 0 saturated heterocycles. The largest absolute Gasteiger partial charge is 0.349 e. The van der Waals surface area contributed by atoms with Crippen LogP contribution in [0.5, 0.6) is 0 Å². The number of hydrogen-bond donors (Lipinski definition) is 0. The van der Waals surface area contributed by atoms with Crippen LogP contribution in [-0.2, 0) is 4.79 Å². The van der Waals surface area contributed by atoms with Gasteiger partial charge in [0.05, 0.1) is 0 Å². The summed E-state index contributed by atoms with van der Waals surface area (Å²) in [7, 11) is 3.67. The van der Waals surface area contributed by atoms with Crippen LogP contribution in [0.4, 0.5) is 0 Å². The van der Waals surface area contributed by atoms with E-state index in [1.54, 1.807) is 4.90 Å². The summed E-state index contributed by atoms with van der Waals surface area (Å²) in [6, 6.07) is 0. The topological polar surface area (TPSA) is 20.3 Å². The molecule has 0 aliphatic carbocycles. The molecule has 0 N–H and O–H groups in total. The van der Waals surface area contributed by atoms with Crippen LogP contribution in [0, 0.1) is 5.92 Å². The normalized spacial score (nSPS) is 12.6. The number of nitrogens with zero attached hydrogens (tertiary/aromatic N) is 1. The van der Waals surface area contributed by atoms with Gasteiger partial charge >= 0.3 is 0 Å². The molecule has 0 bridgehead atoms. The Morgan fingerprint density at radius 2 is 1.86 bits per heavy atom. The van der Waals surface area contributed by atoms with Crippen molar-refractivity contribution in [3.8, 4) is 0 Å². The monoisotopic (exact) mass is 199 g/mol. The Bertz CT molecular complexity index is 154. The quantitative estimate of drug-likeness (QED) is 0.577. The molecule has 14 heavy (non-hydrogen) atoms. The Kier molecular flexibility index (Phi) is 7.54. The SMILES string of the molecule is CCCCC[C@H](CC)CC(=O)N(C)C. The van der Waals surface area contributed by atoms with E-state index >= 15 is 0 Å². The molecule has 0 aromatic carbocycles. The van der Waals surface area contributed by atoms with Gasteiger partial charge in [-0.1, -0.05) is 39.5 Å². The highest BCUT2D eigenvalue weighted by molar-refractivity contribution is 5.75. The highest BCUT2D eigenvalue weighted by Crippen LogP contribution is 2.17. The summed E-state index contributed by atoms with van der Waals surface area (Å²) in [6.45, 7) is 4.39. The van der Waals surface area contributed by atoms with Gasteiger partial charge in [0.1, 0.15) is 0 Å². The van der Waals surface area contributed by atoms with Crippen LogP contribution in [0.3, 0.4) is 0 Å². The lowest BCUT2D eigenvalue weighted by molar-refractivity contribution is -0.129. The minimum absolute atomic E-state index is 0.272. The Hall–Kier alpha value is -0.530. The second-order valence-electron chi connectivity index (χ2n) is 4.26. The summed E-state index contributed by atoms with van der Waals surface area (Å²) in [6.07, 6.45) is 6.90. The number of carbonyl (C=O) groups is 1. The molecular weight excluding hydrogens is 174 g/mol. The van der Waals surface area contributed by atoms with E-state index in [-0.39, 0.29) is 5.91 Å². The fraction of sp³-hybridized carbons (Fsp3) is 0.917. The average Bonchev–Trinajstić information content (AvgIpc) is 2.16. The predicted octanol–water partition coefficient (Wildman–Crippen LogP) is 3.07. The molecule has 0 heterocycles. The van der Waals surface area contributed by atoms with Crippen LogP contribution >= 0.6 is 0 Å². The summed E-state index contributed by atoms with van der Waals surface area (Å²) >= 11 is 0. The first kappa shape index (κ1) is 13.5. The summed E-state index contributed by atoms with van der Waals surface area (Å²) in [5.41, 5.74) is 0. The lowest BCUT2D eigenvalue weighted by Crippen LogP contribution is -2.24. The maximum absolute atomic E-state index is 11.5. The second-order valence-corrected chi connectivity index (χ2v) is 4.26. The summed E-state index contributed by atoms with van der Waals surface area (Å²) in [5.74, 6) is 0.866. The molecule has 1 amide bonds. The third kappa shape index (κ3) is 6.01. The van der Waals surface area contributed by atoms with Crippen molar-refractivity contribution in [3.63, 3.8) is 0 Å². The van der Waals surface area contributed by atoms with Crippen LogP contribution in [0.15, 0.2) is 0 Å². The number of unbranched alkanes of at least 4 members (excludes halogenated alkanes) is 2. The van der Waals surface area contributed by atoms with Gasteiger partial charge in [-0.2, -0.15) is 0 Å². The van der Waals surface area contributed by atoms with Gasteiger partial charge in [-0.05, 0) is 12.3 Å². The first-order valence-corrected chi connectivity index (χ1v) is 5.81. The zero-order chi connectivity index (χ0) is 11.0. The molecule has 0 aromatic heterocycles. The van der Waals surface area contributed by atoms with E-state index < -0.39 is 0 Å². The average molecular weight is 199 g/mol. The molecule has 0 rings (SSSR count). The van der Waals surface area contributed by atoms with Gasteiger partial charge in [-0.15, -0.1) is 0 Å². The van der Waals surface area contributed by atoms with E-state index in [1.165, 1.54) is 25.7 Å². The molecule has 0 unspecified atom stereocenters. The third-order valence-electron chi connectivity index (χ3n) is 2.76. The predicted molar refractivity (Wildman–Crippen MR) is 61.2 cm³/mol. The van der Waals surface area contributed by atoms with Gasteiger partial charge in [0.2, 0.25) is 5.91 Å². The fourth-order valence-corrected chi connectivity index (χ4v) is 1.56. The van der Waals surface area contributed by atoms with E-state index in [1.807, 2.05) is 14.1 Å². The molecule has 1 atom stereocenters. The first-order chi connectivity index (χ1) is 6.61. The van der Waals surface area contributed by atoms with Gasteiger partial charge in [-0.3, -0.25) is 4.79 Å². The van der Waals surface area contributed by atoms with Gasteiger partial charge in [0.25, 0.3) is 0 Å². The number of carbonyl (C=O) groups excluding carboxylic acids is 1. The standard InChI is InChI=1S/C12H25NO/c1-5-7-8-9-11(6-2)10-12(14)13(3)4/h11H,5-10H2,1-4H3/t11-/m0/s1. The molecule has 0 aliphatic rings. The van der Waals surface area contributed by atoms with Crippen LogP contribution < -0.4 is 0 Å². The van der Waals surface area contributed by atoms with Crippen molar-refractivity contribution in [1.82, 2.24) is 4.90 Å². The molecule has 0 spiro atoms. The van der Waals surface area contributed by atoms with Gasteiger partial charge < -0.3 is 4.90 Å². The van der Waals surface area contributed by atoms with Crippen molar-refractivity contribution in [2.45, 2.75) is 52.4 Å². The van der Waals surface area contributed by atoms with Crippen molar-refractivity contribution in [1.29, 1.82) is 0 Å². The Morgan fingerprint density at radius 3 is 2.29 bits per heavy atom. The molecule has 0 aliphatic heterocycles. The van der Waals surface area contributed by atoms with Crippen LogP contribution in [0.2, 0.25) is 0 Å². The molecule has 0 radical (unpaired) electrons. The minimum Gasteiger partial charge on any atom is -0.349 e. The van der Waals surface area contributed by atoms with E-state index in [4.69, 9.17) is 0 Å². The fourth-order valence-electron chi connectivity index (χ4n) is 1.56. The molecule has 0 fully saturated rings. The van der Waals surface area contributed by atoms with E-state index in [0.717, 1.165) is 12.8 Å². The van der Waals surface area contributed by atoms with Crippen molar-refractivity contribution in [2.75, 3.05) is 14.1 Å². The van der Waals surface area contributed by atoms with E-state index in [9.17, 15) is 4.79 Å². The van der Waals surface area contributed by atoms with Gasteiger partial charge in [-0.25, -0.2) is 0 Å². The lowest BCUT2D eigenvalue weighted by Gasteiger charge is -2.17. The molecule has 84 valence electrons. The number of hydrogen-bond acceptors (Lipinski definition) is 1.